The minimum absolute atomic E-state index is 0.0388. The third-order valence-electron chi connectivity index (χ3n) is 2.43. The standard InChI is InChI=1S/C12H14F2N2OS/c1-6(2)10(11(15)18)16-12(17)8-5-7(13)3-4-9(8)14/h3-6,10H,1-2H3,(H2,15,18)(H,16,17). The largest absolute Gasteiger partial charge is 0.392 e. The van der Waals surface area contributed by atoms with Crippen molar-refractivity contribution in [3.63, 3.8) is 0 Å². The lowest BCUT2D eigenvalue weighted by atomic mass is 10.0. The molecular formula is C12H14F2N2OS. The molecule has 0 saturated carbocycles. The van der Waals surface area contributed by atoms with E-state index in [4.69, 9.17) is 18.0 Å². The first-order chi connectivity index (χ1) is 8.32. The monoisotopic (exact) mass is 272 g/mol. The van der Waals surface area contributed by atoms with Gasteiger partial charge in [0, 0.05) is 0 Å². The quantitative estimate of drug-likeness (QED) is 0.824. The van der Waals surface area contributed by atoms with Crippen LogP contribution in [0.4, 0.5) is 8.78 Å². The van der Waals surface area contributed by atoms with Crippen LogP contribution in [0.15, 0.2) is 18.2 Å². The van der Waals surface area contributed by atoms with E-state index in [1.165, 1.54) is 0 Å². The molecule has 0 bridgehead atoms. The Morgan fingerprint density at radius 2 is 2.00 bits per heavy atom. The van der Waals surface area contributed by atoms with E-state index < -0.39 is 23.6 Å². The van der Waals surface area contributed by atoms with Crippen LogP contribution in [-0.4, -0.2) is 16.9 Å². The van der Waals surface area contributed by atoms with E-state index in [0.717, 1.165) is 18.2 Å². The molecule has 6 heteroatoms. The minimum Gasteiger partial charge on any atom is -0.392 e. The highest BCUT2D eigenvalue weighted by molar-refractivity contribution is 7.80. The van der Waals surface area contributed by atoms with Gasteiger partial charge < -0.3 is 11.1 Å². The van der Waals surface area contributed by atoms with E-state index in [9.17, 15) is 13.6 Å². The highest BCUT2D eigenvalue weighted by Crippen LogP contribution is 2.11. The number of carbonyl (C=O) groups excluding carboxylic acids is 1. The van der Waals surface area contributed by atoms with E-state index in [1.807, 2.05) is 13.8 Å². The second-order valence-corrected chi connectivity index (χ2v) is 4.69. The van der Waals surface area contributed by atoms with Gasteiger partial charge in [0.1, 0.15) is 11.6 Å². The first-order valence-corrected chi connectivity index (χ1v) is 5.79. The number of hydrogen-bond donors (Lipinski definition) is 2. The van der Waals surface area contributed by atoms with Crippen LogP contribution in [0.5, 0.6) is 0 Å². The first-order valence-electron chi connectivity index (χ1n) is 5.38. The van der Waals surface area contributed by atoms with Gasteiger partial charge in [0.15, 0.2) is 0 Å². The zero-order chi connectivity index (χ0) is 13.9. The second-order valence-electron chi connectivity index (χ2n) is 4.22. The van der Waals surface area contributed by atoms with E-state index in [-0.39, 0.29) is 16.5 Å². The van der Waals surface area contributed by atoms with Crippen LogP contribution < -0.4 is 11.1 Å². The maximum Gasteiger partial charge on any atom is 0.254 e. The second kappa shape index (κ2) is 5.86. The number of thiocarbonyl (C=S) groups is 1. The lowest BCUT2D eigenvalue weighted by molar-refractivity contribution is 0.0935. The predicted octanol–water partition coefficient (Wildman–Crippen LogP) is 2.01. The number of carbonyl (C=O) groups is 1. The van der Waals surface area contributed by atoms with Gasteiger partial charge in [0.2, 0.25) is 0 Å². The summed E-state index contributed by atoms with van der Waals surface area (Å²) in [6.07, 6.45) is 0. The number of nitrogens with two attached hydrogens (primary N) is 1. The molecule has 0 aliphatic heterocycles. The topological polar surface area (TPSA) is 55.1 Å². The summed E-state index contributed by atoms with van der Waals surface area (Å²) in [5.74, 6) is -2.25. The summed E-state index contributed by atoms with van der Waals surface area (Å²) in [6.45, 7) is 3.62. The third kappa shape index (κ3) is 3.46. The molecule has 0 radical (unpaired) electrons. The number of rotatable bonds is 4. The molecule has 0 saturated heterocycles. The summed E-state index contributed by atoms with van der Waals surface area (Å²) < 4.78 is 26.3. The molecule has 0 aliphatic rings. The molecule has 1 unspecified atom stereocenters. The first kappa shape index (κ1) is 14.5. The van der Waals surface area contributed by atoms with Gasteiger partial charge in [-0.25, -0.2) is 8.78 Å². The van der Waals surface area contributed by atoms with E-state index in [1.54, 1.807) is 0 Å². The van der Waals surface area contributed by atoms with Crippen LogP contribution in [-0.2, 0) is 0 Å². The molecular weight excluding hydrogens is 258 g/mol. The molecule has 0 heterocycles. The van der Waals surface area contributed by atoms with Crippen LogP contribution >= 0.6 is 12.2 Å². The van der Waals surface area contributed by atoms with Crippen molar-refractivity contribution in [3.05, 3.63) is 35.4 Å². The Morgan fingerprint density at radius 1 is 1.39 bits per heavy atom. The molecule has 0 aliphatic carbocycles. The Labute approximate surface area is 109 Å². The Balaban J connectivity index is 2.94. The van der Waals surface area contributed by atoms with Crippen molar-refractivity contribution >= 4 is 23.1 Å². The number of amides is 1. The van der Waals surface area contributed by atoms with E-state index in [2.05, 4.69) is 5.32 Å². The molecule has 1 atom stereocenters. The molecule has 1 aromatic carbocycles. The Morgan fingerprint density at radius 3 is 2.50 bits per heavy atom. The van der Waals surface area contributed by atoms with Crippen LogP contribution in [0.25, 0.3) is 0 Å². The Hall–Kier alpha value is -1.56. The fourth-order valence-corrected chi connectivity index (χ4v) is 1.79. The smallest absolute Gasteiger partial charge is 0.254 e. The summed E-state index contributed by atoms with van der Waals surface area (Å²) in [5.41, 5.74) is 5.12. The van der Waals surface area contributed by atoms with Gasteiger partial charge in [0.25, 0.3) is 5.91 Å². The molecule has 1 aromatic rings. The van der Waals surface area contributed by atoms with Crippen molar-refractivity contribution in [3.8, 4) is 0 Å². The third-order valence-corrected chi connectivity index (χ3v) is 2.69. The molecule has 1 amide bonds. The molecule has 3 nitrogen and oxygen atoms in total. The normalized spacial score (nSPS) is 12.3. The van der Waals surface area contributed by atoms with Crippen molar-refractivity contribution in [2.75, 3.05) is 0 Å². The highest BCUT2D eigenvalue weighted by atomic mass is 32.1. The van der Waals surface area contributed by atoms with Gasteiger partial charge in [-0.05, 0) is 24.1 Å². The summed E-state index contributed by atoms with van der Waals surface area (Å²) in [4.78, 5) is 11.9. The maximum atomic E-state index is 13.4. The fourth-order valence-electron chi connectivity index (χ4n) is 1.46. The van der Waals surface area contributed by atoms with E-state index in [0.29, 0.717) is 0 Å². The van der Waals surface area contributed by atoms with Crippen molar-refractivity contribution < 1.29 is 13.6 Å². The van der Waals surface area contributed by atoms with Gasteiger partial charge in [0.05, 0.1) is 16.6 Å². The van der Waals surface area contributed by atoms with Gasteiger partial charge in [-0.1, -0.05) is 26.1 Å². The number of hydrogen-bond acceptors (Lipinski definition) is 2. The number of nitrogens with one attached hydrogen (secondary N) is 1. The fraction of sp³-hybridized carbons (Fsp3) is 0.333. The summed E-state index contributed by atoms with van der Waals surface area (Å²) in [5, 5.41) is 2.49. The van der Waals surface area contributed by atoms with Crippen molar-refractivity contribution in [1.82, 2.24) is 5.32 Å². The molecule has 0 spiro atoms. The Kier molecular flexibility index (Phi) is 4.72. The van der Waals surface area contributed by atoms with Crippen LogP contribution in [0.3, 0.4) is 0 Å². The van der Waals surface area contributed by atoms with Gasteiger partial charge in [-0.3, -0.25) is 4.79 Å². The zero-order valence-corrected chi connectivity index (χ0v) is 10.9. The summed E-state index contributed by atoms with van der Waals surface area (Å²) in [7, 11) is 0. The summed E-state index contributed by atoms with van der Waals surface area (Å²) >= 11 is 4.82. The molecule has 1 rings (SSSR count). The van der Waals surface area contributed by atoms with Crippen molar-refractivity contribution in [1.29, 1.82) is 0 Å². The average Bonchev–Trinajstić information content (AvgIpc) is 2.28. The van der Waals surface area contributed by atoms with E-state index >= 15 is 0 Å². The summed E-state index contributed by atoms with van der Waals surface area (Å²) in [6, 6.07) is 2.12. The lowest BCUT2D eigenvalue weighted by Crippen LogP contribution is -2.47. The molecule has 18 heavy (non-hydrogen) atoms. The van der Waals surface area contributed by atoms with Crippen molar-refractivity contribution in [2.24, 2.45) is 11.7 Å². The average molecular weight is 272 g/mol. The van der Waals surface area contributed by atoms with Crippen LogP contribution in [0.2, 0.25) is 0 Å². The van der Waals surface area contributed by atoms with Crippen LogP contribution in [0.1, 0.15) is 24.2 Å². The number of halogens is 2. The maximum absolute atomic E-state index is 13.4. The molecule has 0 fully saturated rings. The molecule has 3 N–H and O–H groups in total. The van der Waals surface area contributed by atoms with Gasteiger partial charge in [-0.15, -0.1) is 0 Å². The Bertz CT molecular complexity index is 477. The van der Waals surface area contributed by atoms with Crippen LogP contribution in [0, 0.1) is 17.6 Å². The SMILES string of the molecule is CC(C)C(NC(=O)c1cc(F)ccc1F)C(N)=S. The zero-order valence-electron chi connectivity index (χ0n) is 10.0. The highest BCUT2D eigenvalue weighted by Gasteiger charge is 2.21. The lowest BCUT2D eigenvalue weighted by Gasteiger charge is -2.21. The number of benzene rings is 1. The predicted molar refractivity (Wildman–Crippen MR) is 69.2 cm³/mol. The van der Waals surface area contributed by atoms with Gasteiger partial charge in [-0.2, -0.15) is 0 Å². The van der Waals surface area contributed by atoms with Gasteiger partial charge >= 0.3 is 0 Å². The molecule has 98 valence electrons. The minimum atomic E-state index is -0.792. The van der Waals surface area contributed by atoms with Crippen molar-refractivity contribution in [2.45, 2.75) is 19.9 Å². The molecule has 0 aromatic heterocycles.